The lowest BCUT2D eigenvalue weighted by molar-refractivity contribution is 0.0650. The van der Waals surface area contributed by atoms with E-state index in [2.05, 4.69) is 4.98 Å². The molecule has 0 atom stereocenters. The van der Waals surface area contributed by atoms with E-state index in [0.29, 0.717) is 10.9 Å². The predicted octanol–water partition coefficient (Wildman–Crippen LogP) is 1.56. The third kappa shape index (κ3) is 1.34. The molecule has 0 bridgehead atoms. The van der Waals surface area contributed by atoms with Gasteiger partial charge in [0.25, 0.3) is 0 Å². The largest absolute Gasteiger partial charge is 0.478 e. The van der Waals surface area contributed by atoms with Crippen molar-refractivity contribution in [2.24, 2.45) is 0 Å². The molecular formula is C10H7NO4. The third-order valence-corrected chi connectivity index (χ3v) is 2.13. The van der Waals surface area contributed by atoms with Crippen molar-refractivity contribution in [3.8, 4) is 0 Å². The zero-order valence-electron chi connectivity index (χ0n) is 7.52. The number of aromatic amines is 1. The number of rotatable bonds is 2. The van der Waals surface area contributed by atoms with Gasteiger partial charge in [-0.15, -0.1) is 0 Å². The summed E-state index contributed by atoms with van der Waals surface area (Å²) in [7, 11) is 0. The molecule has 0 saturated heterocycles. The summed E-state index contributed by atoms with van der Waals surface area (Å²) in [5.41, 5.74) is 0.0223. The van der Waals surface area contributed by atoms with Crippen molar-refractivity contribution >= 4 is 22.8 Å². The smallest absolute Gasteiger partial charge is 0.353 e. The Balaban J connectivity index is 2.86. The topological polar surface area (TPSA) is 90.4 Å². The molecule has 2 aromatic rings. The van der Waals surface area contributed by atoms with Crippen LogP contribution in [0.25, 0.3) is 10.9 Å². The number of fused-ring (bicyclic) bond motifs is 1. The van der Waals surface area contributed by atoms with Gasteiger partial charge < -0.3 is 15.2 Å². The molecule has 0 unspecified atom stereocenters. The molecule has 1 aromatic heterocycles. The molecule has 1 aromatic carbocycles. The van der Waals surface area contributed by atoms with Gasteiger partial charge in [-0.1, -0.05) is 18.2 Å². The van der Waals surface area contributed by atoms with Crippen LogP contribution in [0, 0.1) is 0 Å². The first kappa shape index (κ1) is 9.26. The maximum absolute atomic E-state index is 10.9. The fourth-order valence-electron chi connectivity index (χ4n) is 1.52. The van der Waals surface area contributed by atoms with Crippen molar-refractivity contribution in [2.75, 3.05) is 0 Å². The Morgan fingerprint density at radius 2 is 1.73 bits per heavy atom. The summed E-state index contributed by atoms with van der Waals surface area (Å²) in [4.78, 5) is 24.3. The molecule has 0 aliphatic heterocycles. The standard InChI is InChI=1S/C10H7NO4/c12-9(13)7-5-3-1-2-4-6(5)11-8(7)10(14)15/h1-4,11H,(H,12,13)(H,14,15). The summed E-state index contributed by atoms with van der Waals surface area (Å²) in [5, 5.41) is 18.1. The van der Waals surface area contributed by atoms with Gasteiger partial charge in [-0.25, -0.2) is 9.59 Å². The third-order valence-electron chi connectivity index (χ3n) is 2.13. The van der Waals surface area contributed by atoms with E-state index in [-0.39, 0.29) is 11.3 Å². The van der Waals surface area contributed by atoms with Crippen molar-refractivity contribution in [3.63, 3.8) is 0 Å². The summed E-state index contributed by atoms with van der Waals surface area (Å²) >= 11 is 0. The molecule has 3 N–H and O–H groups in total. The van der Waals surface area contributed by atoms with Crippen molar-refractivity contribution in [3.05, 3.63) is 35.5 Å². The Bertz CT molecular complexity index is 556. The van der Waals surface area contributed by atoms with Crippen LogP contribution in [0.3, 0.4) is 0 Å². The first-order valence-corrected chi connectivity index (χ1v) is 4.18. The van der Waals surface area contributed by atoms with E-state index in [1.807, 2.05) is 0 Å². The molecule has 0 saturated carbocycles. The molecule has 76 valence electrons. The molecule has 0 aliphatic rings. The van der Waals surface area contributed by atoms with Crippen LogP contribution >= 0.6 is 0 Å². The van der Waals surface area contributed by atoms with Crippen LogP contribution in [-0.2, 0) is 0 Å². The molecular weight excluding hydrogens is 198 g/mol. The van der Waals surface area contributed by atoms with E-state index in [9.17, 15) is 9.59 Å². The van der Waals surface area contributed by atoms with Gasteiger partial charge in [-0.3, -0.25) is 0 Å². The highest BCUT2D eigenvalue weighted by Gasteiger charge is 2.21. The summed E-state index contributed by atoms with van der Waals surface area (Å²) < 4.78 is 0. The summed E-state index contributed by atoms with van der Waals surface area (Å²) in [6, 6.07) is 6.57. The van der Waals surface area contributed by atoms with Crippen molar-refractivity contribution < 1.29 is 19.8 Å². The van der Waals surface area contributed by atoms with Crippen LogP contribution in [0.4, 0.5) is 0 Å². The van der Waals surface area contributed by atoms with E-state index in [4.69, 9.17) is 10.2 Å². The number of aromatic carboxylic acids is 2. The predicted molar refractivity (Wildman–Crippen MR) is 52.2 cm³/mol. The van der Waals surface area contributed by atoms with Crippen molar-refractivity contribution in [1.29, 1.82) is 0 Å². The SMILES string of the molecule is O=C(O)c1[nH]c2ccccc2c1C(=O)O. The quantitative estimate of drug-likeness (QED) is 0.693. The minimum atomic E-state index is -1.27. The van der Waals surface area contributed by atoms with Gasteiger partial charge in [-0.2, -0.15) is 0 Å². The Morgan fingerprint density at radius 3 is 2.33 bits per heavy atom. The highest BCUT2D eigenvalue weighted by atomic mass is 16.4. The first-order valence-electron chi connectivity index (χ1n) is 4.18. The van der Waals surface area contributed by atoms with Gasteiger partial charge in [0.1, 0.15) is 5.69 Å². The van der Waals surface area contributed by atoms with Gasteiger partial charge >= 0.3 is 11.9 Å². The van der Waals surface area contributed by atoms with Crippen LogP contribution in [0.15, 0.2) is 24.3 Å². The molecule has 0 fully saturated rings. The zero-order valence-corrected chi connectivity index (χ0v) is 7.52. The second-order valence-corrected chi connectivity index (χ2v) is 3.03. The number of hydrogen-bond donors (Lipinski definition) is 3. The van der Waals surface area contributed by atoms with E-state index >= 15 is 0 Å². The summed E-state index contributed by atoms with van der Waals surface area (Å²) in [6.45, 7) is 0. The zero-order chi connectivity index (χ0) is 11.0. The maximum atomic E-state index is 10.9. The summed E-state index contributed by atoms with van der Waals surface area (Å²) in [6.07, 6.45) is 0. The Labute approximate surface area is 84.0 Å². The number of nitrogens with one attached hydrogen (secondary N) is 1. The fourth-order valence-corrected chi connectivity index (χ4v) is 1.52. The van der Waals surface area contributed by atoms with Crippen LogP contribution in [0.1, 0.15) is 20.8 Å². The molecule has 1 heterocycles. The van der Waals surface area contributed by atoms with Gasteiger partial charge in [0.15, 0.2) is 0 Å². The normalized spacial score (nSPS) is 10.4. The minimum Gasteiger partial charge on any atom is -0.478 e. The van der Waals surface area contributed by atoms with Gasteiger partial charge in [0.2, 0.25) is 0 Å². The van der Waals surface area contributed by atoms with Crippen LogP contribution in [-0.4, -0.2) is 27.1 Å². The van der Waals surface area contributed by atoms with Crippen molar-refractivity contribution in [2.45, 2.75) is 0 Å². The van der Waals surface area contributed by atoms with Crippen LogP contribution in [0.2, 0.25) is 0 Å². The lowest BCUT2D eigenvalue weighted by Gasteiger charge is -1.93. The first-order chi connectivity index (χ1) is 7.11. The number of hydrogen-bond acceptors (Lipinski definition) is 2. The lowest BCUT2D eigenvalue weighted by Crippen LogP contribution is -2.06. The number of benzene rings is 1. The molecule has 0 spiro atoms. The number of carbonyl (C=O) groups is 2. The Kier molecular flexibility index (Phi) is 1.93. The van der Waals surface area contributed by atoms with E-state index < -0.39 is 11.9 Å². The highest BCUT2D eigenvalue weighted by molar-refractivity contribution is 6.11. The fraction of sp³-hybridized carbons (Fsp3) is 0. The number of aromatic nitrogens is 1. The maximum Gasteiger partial charge on any atom is 0.353 e. The monoisotopic (exact) mass is 205 g/mol. The van der Waals surface area contributed by atoms with Gasteiger partial charge in [0, 0.05) is 10.9 Å². The molecule has 0 aliphatic carbocycles. The molecule has 2 rings (SSSR count). The Hall–Kier alpha value is -2.30. The number of H-pyrrole nitrogens is 1. The molecule has 0 radical (unpaired) electrons. The van der Waals surface area contributed by atoms with E-state index in [0.717, 1.165) is 0 Å². The number of carboxylic acid groups (broad SMARTS) is 2. The number of carboxylic acids is 2. The minimum absolute atomic E-state index is 0.196. The lowest BCUT2D eigenvalue weighted by atomic mass is 10.1. The molecule has 0 amide bonds. The van der Waals surface area contributed by atoms with Crippen molar-refractivity contribution in [1.82, 2.24) is 4.98 Å². The van der Waals surface area contributed by atoms with Crippen LogP contribution < -0.4 is 0 Å². The Morgan fingerprint density at radius 1 is 1.07 bits per heavy atom. The summed E-state index contributed by atoms with van der Waals surface area (Å²) in [5.74, 6) is -2.52. The van der Waals surface area contributed by atoms with Gasteiger partial charge in [0.05, 0.1) is 5.56 Å². The van der Waals surface area contributed by atoms with Gasteiger partial charge in [-0.05, 0) is 6.07 Å². The van der Waals surface area contributed by atoms with E-state index in [1.165, 1.54) is 0 Å². The average molecular weight is 205 g/mol. The average Bonchev–Trinajstić information content (AvgIpc) is 2.56. The second kappa shape index (κ2) is 3.13. The van der Waals surface area contributed by atoms with Crippen LogP contribution in [0.5, 0.6) is 0 Å². The van der Waals surface area contributed by atoms with E-state index in [1.54, 1.807) is 24.3 Å². The second-order valence-electron chi connectivity index (χ2n) is 3.03. The molecule has 15 heavy (non-hydrogen) atoms. The highest BCUT2D eigenvalue weighted by Crippen LogP contribution is 2.22. The number of para-hydroxylation sites is 1. The molecule has 5 nitrogen and oxygen atoms in total. The molecule has 5 heteroatoms.